The minimum Gasteiger partial charge on any atom is -0.446 e. The molecule has 46 heavy (non-hydrogen) atoms. The van der Waals surface area contributed by atoms with Gasteiger partial charge in [0, 0.05) is 12.6 Å². The fraction of sp³-hybridized carbons (Fsp3) is 0.517. The number of halogens is 9. The summed E-state index contributed by atoms with van der Waals surface area (Å²) in [6.07, 6.45) is -16.3. The largest absolute Gasteiger partial charge is 0.446 e. The fourth-order valence-corrected chi connectivity index (χ4v) is 5.23. The molecule has 1 aliphatic heterocycles. The maximum atomic E-state index is 14.0. The number of carbonyl (C=O) groups excluding carboxylic acids is 1. The highest BCUT2D eigenvalue weighted by Crippen LogP contribution is 2.46. The summed E-state index contributed by atoms with van der Waals surface area (Å²) in [4.78, 5) is 16.8. The smallest absolute Gasteiger partial charge is 0.416 e. The van der Waals surface area contributed by atoms with Gasteiger partial charge in [0.2, 0.25) is 0 Å². The molecule has 252 valence electrons. The predicted molar refractivity (Wildman–Crippen MR) is 148 cm³/mol. The molecule has 2 atom stereocenters. The Balaban J connectivity index is 1.96. The van der Waals surface area contributed by atoms with Crippen LogP contribution in [0.15, 0.2) is 36.4 Å². The fourth-order valence-electron chi connectivity index (χ4n) is 5.23. The van der Waals surface area contributed by atoms with Gasteiger partial charge < -0.3 is 9.64 Å². The number of anilines is 2. The van der Waals surface area contributed by atoms with E-state index in [2.05, 4.69) is 15.4 Å². The van der Waals surface area contributed by atoms with E-state index in [0.29, 0.717) is 12.1 Å². The van der Waals surface area contributed by atoms with E-state index in [4.69, 9.17) is 4.74 Å². The minimum atomic E-state index is -5.14. The molecule has 1 aromatic heterocycles. The Bertz CT molecular complexity index is 1520. The second-order valence-electron chi connectivity index (χ2n) is 11.4. The Hall–Kier alpha value is -4.05. The maximum absolute atomic E-state index is 14.0. The van der Waals surface area contributed by atoms with Crippen molar-refractivity contribution in [3.8, 4) is 0 Å². The number of carbonyl (C=O) groups is 1. The SMILES string of the molecule is CC[C@@H]1C[C@H](N(Cc2cc(C(F)(F)F)cc(C(F)(F)F)c2)c2nnn(C(C)C)n2)c2cc(C(F)(F)F)ccc2N1C(=O)OC(C)C. The zero-order valence-electron chi connectivity index (χ0n) is 25.3. The molecular formula is C29H31F9N6O2. The van der Waals surface area contributed by atoms with E-state index in [1.54, 1.807) is 34.6 Å². The Morgan fingerprint density at radius 2 is 1.50 bits per heavy atom. The van der Waals surface area contributed by atoms with E-state index in [-0.39, 0.29) is 42.1 Å². The van der Waals surface area contributed by atoms with E-state index in [1.807, 2.05) is 0 Å². The molecule has 0 spiro atoms. The molecule has 0 saturated carbocycles. The summed E-state index contributed by atoms with van der Waals surface area (Å²) in [7, 11) is 0. The number of fused-ring (bicyclic) bond motifs is 1. The molecule has 3 aromatic rings. The summed E-state index contributed by atoms with van der Waals surface area (Å²) in [5, 5.41) is 12.2. The molecule has 4 rings (SSSR count). The van der Waals surface area contributed by atoms with Crippen LogP contribution in [-0.2, 0) is 29.8 Å². The van der Waals surface area contributed by atoms with Crippen LogP contribution in [0.1, 0.15) is 87.4 Å². The van der Waals surface area contributed by atoms with Gasteiger partial charge in [-0.15, -0.1) is 5.10 Å². The van der Waals surface area contributed by atoms with Crippen LogP contribution in [0, 0.1) is 0 Å². The molecule has 0 radical (unpaired) electrons. The van der Waals surface area contributed by atoms with Gasteiger partial charge in [0.15, 0.2) is 0 Å². The second-order valence-corrected chi connectivity index (χ2v) is 11.4. The lowest BCUT2D eigenvalue weighted by atomic mass is 9.87. The van der Waals surface area contributed by atoms with Gasteiger partial charge >= 0.3 is 24.6 Å². The number of aromatic nitrogens is 4. The van der Waals surface area contributed by atoms with Crippen LogP contribution in [0.3, 0.4) is 0 Å². The van der Waals surface area contributed by atoms with Gasteiger partial charge in [-0.2, -0.15) is 44.3 Å². The number of hydrogen-bond acceptors (Lipinski definition) is 6. The van der Waals surface area contributed by atoms with Crippen molar-refractivity contribution in [3.63, 3.8) is 0 Å². The van der Waals surface area contributed by atoms with Crippen molar-refractivity contribution in [1.82, 2.24) is 20.2 Å². The first-order valence-electron chi connectivity index (χ1n) is 14.3. The molecular weight excluding hydrogens is 635 g/mol. The Labute approximate surface area is 258 Å². The molecule has 1 aliphatic rings. The van der Waals surface area contributed by atoms with Gasteiger partial charge in [-0.05, 0) is 93.3 Å². The Morgan fingerprint density at radius 3 is 1.98 bits per heavy atom. The molecule has 0 unspecified atom stereocenters. The van der Waals surface area contributed by atoms with Crippen molar-refractivity contribution in [2.75, 3.05) is 9.80 Å². The minimum absolute atomic E-state index is 0.0159. The standard InChI is InChI=1S/C29H31F9N6O2/c1-6-21-13-24(22-12-18(27(30,31)32)7-8-23(22)43(21)26(45)46-16(4)5)42(25-39-41-44(40-25)15(2)3)14-17-9-19(28(33,34)35)11-20(10-17)29(36,37)38/h7-12,15-16,21,24H,6,13-14H2,1-5H3/t21-,24+/m1/s1. The number of benzene rings is 2. The Morgan fingerprint density at radius 1 is 0.913 bits per heavy atom. The maximum Gasteiger partial charge on any atom is 0.416 e. The van der Waals surface area contributed by atoms with Crippen LogP contribution in [0.2, 0.25) is 0 Å². The number of ether oxygens (including phenoxy) is 1. The topological polar surface area (TPSA) is 76.4 Å². The molecule has 0 bridgehead atoms. The number of hydrogen-bond donors (Lipinski definition) is 0. The average Bonchev–Trinajstić information content (AvgIpc) is 3.43. The van der Waals surface area contributed by atoms with E-state index < -0.39 is 71.6 Å². The predicted octanol–water partition coefficient (Wildman–Crippen LogP) is 8.59. The molecule has 0 saturated heterocycles. The van der Waals surface area contributed by atoms with E-state index >= 15 is 0 Å². The van der Waals surface area contributed by atoms with Crippen molar-refractivity contribution >= 4 is 17.7 Å². The average molecular weight is 667 g/mol. The first kappa shape index (κ1) is 34.8. The van der Waals surface area contributed by atoms with Gasteiger partial charge in [0.1, 0.15) is 0 Å². The third-order valence-corrected chi connectivity index (χ3v) is 7.35. The molecule has 1 amide bonds. The monoisotopic (exact) mass is 666 g/mol. The van der Waals surface area contributed by atoms with E-state index in [9.17, 15) is 44.3 Å². The van der Waals surface area contributed by atoms with Gasteiger partial charge in [-0.1, -0.05) is 12.0 Å². The molecule has 0 aliphatic carbocycles. The number of alkyl halides is 9. The van der Waals surface area contributed by atoms with Crippen molar-refractivity contribution < 1.29 is 49.0 Å². The van der Waals surface area contributed by atoms with Crippen LogP contribution in [-0.4, -0.2) is 38.4 Å². The number of nitrogens with zero attached hydrogens (tertiary/aromatic N) is 6. The summed E-state index contributed by atoms with van der Waals surface area (Å²) < 4.78 is 130. The Kier molecular flexibility index (Phi) is 9.56. The lowest BCUT2D eigenvalue weighted by molar-refractivity contribution is -0.143. The van der Waals surface area contributed by atoms with Crippen molar-refractivity contribution in [1.29, 1.82) is 0 Å². The number of rotatable bonds is 7. The summed E-state index contributed by atoms with van der Waals surface area (Å²) in [5.41, 5.74) is -4.71. The van der Waals surface area contributed by atoms with Crippen LogP contribution in [0.4, 0.5) is 55.9 Å². The first-order chi connectivity index (χ1) is 21.2. The first-order valence-corrected chi connectivity index (χ1v) is 14.3. The number of amides is 1. The third-order valence-electron chi connectivity index (χ3n) is 7.35. The zero-order valence-corrected chi connectivity index (χ0v) is 25.3. The van der Waals surface area contributed by atoms with Crippen molar-refractivity contribution in [2.45, 2.75) is 96.8 Å². The van der Waals surface area contributed by atoms with Crippen LogP contribution in [0.25, 0.3) is 0 Å². The van der Waals surface area contributed by atoms with E-state index in [0.717, 1.165) is 23.0 Å². The molecule has 8 nitrogen and oxygen atoms in total. The highest BCUT2D eigenvalue weighted by molar-refractivity contribution is 5.90. The lowest BCUT2D eigenvalue weighted by Crippen LogP contribution is -2.48. The van der Waals surface area contributed by atoms with Crippen LogP contribution in [0.5, 0.6) is 0 Å². The summed E-state index contributed by atoms with van der Waals surface area (Å²) in [6.45, 7) is 7.60. The quantitative estimate of drug-likeness (QED) is 0.235. The summed E-state index contributed by atoms with van der Waals surface area (Å²) in [5.74, 6) is -0.249. The van der Waals surface area contributed by atoms with Gasteiger partial charge in [-0.3, -0.25) is 4.90 Å². The second kappa shape index (κ2) is 12.6. The van der Waals surface area contributed by atoms with Crippen molar-refractivity contribution in [3.05, 3.63) is 64.2 Å². The van der Waals surface area contributed by atoms with Gasteiger partial charge in [0.25, 0.3) is 5.95 Å². The summed E-state index contributed by atoms with van der Waals surface area (Å²) >= 11 is 0. The molecule has 2 heterocycles. The van der Waals surface area contributed by atoms with Crippen LogP contribution >= 0.6 is 0 Å². The lowest BCUT2D eigenvalue weighted by Gasteiger charge is -2.44. The molecule has 2 aromatic carbocycles. The zero-order chi connectivity index (χ0) is 34.4. The van der Waals surface area contributed by atoms with Crippen LogP contribution < -0.4 is 9.80 Å². The summed E-state index contributed by atoms with van der Waals surface area (Å²) in [6, 6.07) is 1.51. The molecule has 17 heteroatoms. The van der Waals surface area contributed by atoms with Gasteiger partial charge in [-0.25, -0.2) is 4.79 Å². The van der Waals surface area contributed by atoms with E-state index in [1.165, 1.54) is 9.80 Å². The number of tetrazole rings is 1. The molecule has 0 fully saturated rings. The third kappa shape index (κ3) is 7.49. The van der Waals surface area contributed by atoms with Crippen molar-refractivity contribution in [2.24, 2.45) is 0 Å². The normalized spacial score (nSPS) is 17.4. The van der Waals surface area contributed by atoms with Gasteiger partial charge in [0.05, 0.1) is 40.6 Å². The molecule has 0 N–H and O–H groups in total. The highest BCUT2D eigenvalue weighted by Gasteiger charge is 2.43. The highest BCUT2D eigenvalue weighted by atomic mass is 19.4.